The standard InChI is InChI=1S/C29H37F3N4O2/c30-29(31,32)26-5-2-14-33-27(26)36-19-20-37-28(21-36)12-17-35(18-13-28)23-6-8-24(9-7-23)38-25-10-15-34(16-11-25)22-3-1-4-22/h2,5-9,14,22,25H,1,3-4,10-13,15-21H2. The Hall–Kier alpha value is -2.52. The van der Waals surface area contributed by atoms with Crippen LogP contribution in [0.3, 0.4) is 0 Å². The zero-order chi connectivity index (χ0) is 26.2. The monoisotopic (exact) mass is 530 g/mol. The summed E-state index contributed by atoms with van der Waals surface area (Å²) in [5.41, 5.74) is 0.0106. The van der Waals surface area contributed by atoms with Gasteiger partial charge in [0.25, 0.3) is 0 Å². The molecule has 0 amide bonds. The quantitative estimate of drug-likeness (QED) is 0.518. The fraction of sp³-hybridized carbons (Fsp3) is 0.621. The molecule has 3 aliphatic heterocycles. The summed E-state index contributed by atoms with van der Waals surface area (Å²) in [6.07, 6.45) is 5.09. The van der Waals surface area contributed by atoms with Crippen molar-refractivity contribution in [3.63, 3.8) is 0 Å². The highest BCUT2D eigenvalue weighted by Gasteiger charge is 2.43. The Balaban J connectivity index is 1.03. The van der Waals surface area contributed by atoms with Gasteiger partial charge in [-0.05, 0) is 74.9 Å². The fourth-order valence-corrected chi connectivity index (χ4v) is 6.41. The zero-order valence-electron chi connectivity index (χ0n) is 21.8. The van der Waals surface area contributed by atoms with Gasteiger partial charge in [-0.25, -0.2) is 4.98 Å². The van der Waals surface area contributed by atoms with E-state index in [1.807, 2.05) is 0 Å². The molecule has 206 valence electrons. The Kier molecular flexibility index (Phi) is 7.16. The van der Waals surface area contributed by atoms with Crippen molar-refractivity contribution in [3.05, 3.63) is 48.2 Å². The Labute approximate surface area is 222 Å². The van der Waals surface area contributed by atoms with Crippen LogP contribution in [0.4, 0.5) is 24.7 Å². The van der Waals surface area contributed by atoms with Crippen molar-refractivity contribution in [2.24, 2.45) is 0 Å². The molecule has 0 unspecified atom stereocenters. The first-order chi connectivity index (χ1) is 18.4. The molecule has 2 aromatic rings. The fourth-order valence-electron chi connectivity index (χ4n) is 6.41. The number of benzene rings is 1. The smallest absolute Gasteiger partial charge is 0.419 e. The molecule has 6 nitrogen and oxygen atoms in total. The summed E-state index contributed by atoms with van der Waals surface area (Å²) in [6.45, 7) is 5.10. The van der Waals surface area contributed by atoms with Crippen LogP contribution in [0.1, 0.15) is 50.5 Å². The molecule has 4 heterocycles. The second-order valence-corrected chi connectivity index (χ2v) is 11.2. The number of alkyl halides is 3. The maximum Gasteiger partial charge on any atom is 0.419 e. The van der Waals surface area contributed by atoms with Gasteiger partial charge in [-0.15, -0.1) is 0 Å². The first-order valence-electron chi connectivity index (χ1n) is 14.1. The van der Waals surface area contributed by atoms with Gasteiger partial charge in [-0.1, -0.05) is 6.42 Å². The van der Waals surface area contributed by atoms with E-state index in [9.17, 15) is 13.2 Å². The van der Waals surface area contributed by atoms with Crippen molar-refractivity contribution in [1.29, 1.82) is 0 Å². The van der Waals surface area contributed by atoms with Crippen LogP contribution < -0.4 is 14.5 Å². The molecule has 1 aliphatic carbocycles. The van der Waals surface area contributed by atoms with Gasteiger partial charge in [-0.2, -0.15) is 13.2 Å². The molecule has 1 saturated carbocycles. The van der Waals surface area contributed by atoms with E-state index < -0.39 is 17.3 Å². The van der Waals surface area contributed by atoms with Crippen LogP contribution in [0.25, 0.3) is 0 Å². The Morgan fingerprint density at radius 1 is 0.895 bits per heavy atom. The van der Waals surface area contributed by atoms with Crippen LogP contribution in [0, 0.1) is 0 Å². The lowest BCUT2D eigenvalue weighted by Crippen LogP contribution is -2.57. The summed E-state index contributed by atoms with van der Waals surface area (Å²) >= 11 is 0. The summed E-state index contributed by atoms with van der Waals surface area (Å²) < 4.78 is 53.2. The highest BCUT2D eigenvalue weighted by molar-refractivity contribution is 5.51. The van der Waals surface area contributed by atoms with Crippen LogP contribution in [-0.2, 0) is 10.9 Å². The van der Waals surface area contributed by atoms with E-state index in [1.54, 1.807) is 4.90 Å². The number of aromatic nitrogens is 1. The molecule has 9 heteroatoms. The zero-order valence-corrected chi connectivity index (χ0v) is 21.8. The lowest BCUT2D eigenvalue weighted by Gasteiger charge is -2.48. The number of piperidine rings is 2. The van der Waals surface area contributed by atoms with Gasteiger partial charge in [0.2, 0.25) is 0 Å². The molecular formula is C29H37F3N4O2. The van der Waals surface area contributed by atoms with Crippen molar-refractivity contribution in [2.75, 3.05) is 55.7 Å². The molecular weight excluding hydrogens is 493 g/mol. The third-order valence-corrected chi connectivity index (χ3v) is 8.89. The minimum Gasteiger partial charge on any atom is -0.490 e. The largest absolute Gasteiger partial charge is 0.490 e. The van der Waals surface area contributed by atoms with Crippen LogP contribution in [0.15, 0.2) is 42.6 Å². The van der Waals surface area contributed by atoms with Crippen LogP contribution in [0.5, 0.6) is 5.75 Å². The molecule has 1 aromatic carbocycles. The molecule has 3 saturated heterocycles. The Bertz CT molecular complexity index is 1080. The van der Waals surface area contributed by atoms with E-state index in [4.69, 9.17) is 9.47 Å². The normalized spacial score (nSPS) is 23.4. The van der Waals surface area contributed by atoms with Gasteiger partial charge in [0, 0.05) is 57.2 Å². The molecule has 0 atom stereocenters. The molecule has 4 fully saturated rings. The molecule has 1 aromatic heterocycles. The number of hydrogen-bond donors (Lipinski definition) is 0. The van der Waals surface area contributed by atoms with Crippen molar-refractivity contribution in [2.45, 2.75) is 68.9 Å². The van der Waals surface area contributed by atoms with Crippen LogP contribution in [-0.4, -0.2) is 73.5 Å². The van der Waals surface area contributed by atoms with Gasteiger partial charge in [0.1, 0.15) is 17.7 Å². The third kappa shape index (κ3) is 5.45. The summed E-state index contributed by atoms with van der Waals surface area (Å²) in [7, 11) is 0. The minimum atomic E-state index is -4.43. The summed E-state index contributed by atoms with van der Waals surface area (Å²) in [5.74, 6) is 0.931. The van der Waals surface area contributed by atoms with Crippen LogP contribution in [0.2, 0.25) is 0 Å². The van der Waals surface area contributed by atoms with Crippen LogP contribution >= 0.6 is 0 Å². The molecule has 0 radical (unpaired) electrons. The molecule has 0 bridgehead atoms. The maximum absolute atomic E-state index is 13.6. The number of pyridine rings is 1. The van der Waals surface area contributed by atoms with Gasteiger partial charge >= 0.3 is 6.18 Å². The number of likely N-dealkylation sites (tertiary alicyclic amines) is 1. The topological polar surface area (TPSA) is 41.1 Å². The number of nitrogens with zero attached hydrogens (tertiary/aromatic N) is 4. The average Bonchev–Trinajstić information content (AvgIpc) is 2.89. The minimum absolute atomic E-state index is 0.00871. The molecule has 1 spiro atoms. The van der Waals surface area contributed by atoms with E-state index in [0.29, 0.717) is 19.7 Å². The number of halogens is 3. The van der Waals surface area contributed by atoms with Gasteiger partial charge in [0.05, 0.1) is 17.8 Å². The predicted molar refractivity (Wildman–Crippen MR) is 141 cm³/mol. The van der Waals surface area contributed by atoms with E-state index in [-0.39, 0.29) is 11.9 Å². The van der Waals surface area contributed by atoms with Crippen molar-refractivity contribution < 1.29 is 22.6 Å². The molecule has 6 rings (SSSR count). The lowest BCUT2D eigenvalue weighted by molar-refractivity contribution is -0.137. The van der Waals surface area contributed by atoms with E-state index in [0.717, 1.165) is 75.4 Å². The highest BCUT2D eigenvalue weighted by atomic mass is 19.4. The number of rotatable bonds is 5. The number of hydrogen-bond acceptors (Lipinski definition) is 6. The number of anilines is 2. The van der Waals surface area contributed by atoms with E-state index >= 15 is 0 Å². The second kappa shape index (κ2) is 10.6. The van der Waals surface area contributed by atoms with Crippen molar-refractivity contribution in [1.82, 2.24) is 9.88 Å². The van der Waals surface area contributed by atoms with Gasteiger partial charge in [0.15, 0.2) is 0 Å². The first kappa shape index (κ1) is 25.7. The summed E-state index contributed by atoms with van der Waals surface area (Å²) in [5, 5.41) is 0. The third-order valence-electron chi connectivity index (χ3n) is 8.89. The van der Waals surface area contributed by atoms with Crippen molar-refractivity contribution in [3.8, 4) is 5.75 Å². The SMILES string of the molecule is FC(F)(F)c1cccnc1N1CCOC2(CCN(c3ccc(OC4CCN(C5CCC5)CC4)cc3)CC2)C1. The summed E-state index contributed by atoms with van der Waals surface area (Å²) in [4.78, 5) is 10.8. The lowest BCUT2D eigenvalue weighted by atomic mass is 9.89. The maximum atomic E-state index is 13.6. The average molecular weight is 531 g/mol. The Morgan fingerprint density at radius 3 is 2.29 bits per heavy atom. The molecule has 0 N–H and O–H groups in total. The number of ether oxygens (including phenoxy) is 2. The van der Waals surface area contributed by atoms with E-state index in [2.05, 4.69) is 39.0 Å². The first-order valence-corrected chi connectivity index (χ1v) is 14.1. The number of morpholine rings is 1. The molecule has 4 aliphatic rings. The van der Waals surface area contributed by atoms with Gasteiger partial charge < -0.3 is 24.2 Å². The van der Waals surface area contributed by atoms with E-state index in [1.165, 1.54) is 31.5 Å². The van der Waals surface area contributed by atoms with Gasteiger partial charge in [-0.3, -0.25) is 0 Å². The highest BCUT2D eigenvalue weighted by Crippen LogP contribution is 2.39. The molecule has 38 heavy (non-hydrogen) atoms. The second-order valence-electron chi connectivity index (χ2n) is 11.2. The Morgan fingerprint density at radius 2 is 1.63 bits per heavy atom. The predicted octanol–water partition coefficient (Wildman–Crippen LogP) is 5.37. The van der Waals surface area contributed by atoms with Crippen molar-refractivity contribution >= 4 is 11.5 Å². The summed E-state index contributed by atoms with van der Waals surface area (Å²) in [6, 6.07) is 11.6.